The second kappa shape index (κ2) is 4.98. The Balaban J connectivity index is 1.94. The Morgan fingerprint density at radius 2 is 1.53 bits per heavy atom. The maximum Gasteiger partial charge on any atom is 0.0453 e. The molecule has 0 saturated carbocycles. The van der Waals surface area contributed by atoms with E-state index in [9.17, 15) is 0 Å². The number of benzene rings is 1. The molecule has 3 aromatic rings. The standard InChI is InChI=1S/C16H14N3/c17-10-9-15-4-3-13-19(15)16-7-5-14(6-8-16)18-11-1-2-12-18/h1-8,10-13H,9H2. The third-order valence-electron chi connectivity index (χ3n) is 3.16. The van der Waals surface area contributed by atoms with Crippen LogP contribution in [0.1, 0.15) is 5.69 Å². The van der Waals surface area contributed by atoms with Crippen LogP contribution >= 0.6 is 0 Å². The van der Waals surface area contributed by atoms with Crippen LogP contribution in [-0.4, -0.2) is 15.3 Å². The van der Waals surface area contributed by atoms with Crippen LogP contribution in [0.3, 0.4) is 0 Å². The van der Waals surface area contributed by atoms with Crippen molar-refractivity contribution in [3.05, 3.63) is 72.8 Å². The number of aromatic nitrogens is 2. The highest BCUT2D eigenvalue weighted by atomic mass is 15.0. The molecule has 0 atom stereocenters. The molecule has 93 valence electrons. The lowest BCUT2D eigenvalue weighted by Crippen LogP contribution is -2.00. The van der Waals surface area contributed by atoms with Crippen LogP contribution in [-0.2, 0) is 6.42 Å². The van der Waals surface area contributed by atoms with Gasteiger partial charge >= 0.3 is 0 Å². The molecule has 19 heavy (non-hydrogen) atoms. The molecule has 0 N–H and O–H groups in total. The van der Waals surface area contributed by atoms with Gasteiger partial charge in [0.05, 0.1) is 0 Å². The van der Waals surface area contributed by atoms with E-state index in [-0.39, 0.29) is 0 Å². The Labute approximate surface area is 112 Å². The highest BCUT2D eigenvalue weighted by Gasteiger charge is 2.02. The van der Waals surface area contributed by atoms with Gasteiger partial charge in [-0.1, -0.05) is 0 Å². The average Bonchev–Trinajstić information content (AvgIpc) is 3.10. The first-order valence-corrected chi connectivity index (χ1v) is 6.24. The lowest BCUT2D eigenvalue weighted by atomic mass is 10.2. The van der Waals surface area contributed by atoms with Crippen molar-refractivity contribution >= 4 is 6.21 Å². The fraction of sp³-hybridized carbons (Fsp3) is 0.0625. The Bertz CT molecular complexity index is 660. The Morgan fingerprint density at radius 1 is 0.842 bits per heavy atom. The zero-order valence-electron chi connectivity index (χ0n) is 10.5. The number of hydrogen-bond donors (Lipinski definition) is 0. The van der Waals surface area contributed by atoms with Crippen LogP contribution in [0, 0.1) is 0 Å². The van der Waals surface area contributed by atoms with E-state index in [0.717, 1.165) is 17.1 Å². The average molecular weight is 248 g/mol. The van der Waals surface area contributed by atoms with E-state index in [0.29, 0.717) is 6.42 Å². The van der Waals surface area contributed by atoms with Crippen molar-refractivity contribution in [3.8, 4) is 11.4 Å². The summed E-state index contributed by atoms with van der Waals surface area (Å²) in [5.74, 6) is 0. The first kappa shape index (κ1) is 11.5. The van der Waals surface area contributed by atoms with Crippen molar-refractivity contribution in [2.24, 2.45) is 0 Å². The molecule has 3 rings (SSSR count). The van der Waals surface area contributed by atoms with Crippen molar-refractivity contribution in [1.82, 2.24) is 14.5 Å². The largest absolute Gasteiger partial charge is 0.324 e. The summed E-state index contributed by atoms with van der Waals surface area (Å²) in [4.78, 5) is 0. The number of rotatable bonds is 4. The van der Waals surface area contributed by atoms with E-state index in [1.165, 1.54) is 6.21 Å². The molecule has 0 aliphatic carbocycles. The van der Waals surface area contributed by atoms with Crippen LogP contribution in [0.5, 0.6) is 0 Å². The van der Waals surface area contributed by atoms with Crippen molar-refractivity contribution in [1.29, 1.82) is 0 Å². The zero-order chi connectivity index (χ0) is 13.1. The summed E-state index contributed by atoms with van der Waals surface area (Å²) in [7, 11) is 0. The summed E-state index contributed by atoms with van der Waals surface area (Å²) in [5, 5.41) is 8.94. The molecule has 0 fully saturated rings. The molecule has 1 radical (unpaired) electrons. The fourth-order valence-electron chi connectivity index (χ4n) is 2.22. The van der Waals surface area contributed by atoms with Gasteiger partial charge in [-0.05, 0) is 48.5 Å². The molecule has 0 unspecified atom stereocenters. The first-order chi connectivity index (χ1) is 9.38. The van der Waals surface area contributed by atoms with Gasteiger partial charge in [0.1, 0.15) is 0 Å². The van der Waals surface area contributed by atoms with Crippen LogP contribution in [0.25, 0.3) is 11.4 Å². The second-order valence-electron chi connectivity index (χ2n) is 4.36. The maximum atomic E-state index is 8.94. The van der Waals surface area contributed by atoms with Crippen molar-refractivity contribution in [2.45, 2.75) is 6.42 Å². The van der Waals surface area contributed by atoms with E-state index in [1.807, 2.05) is 42.9 Å². The summed E-state index contributed by atoms with van der Waals surface area (Å²) in [6.45, 7) is 0. The molecule has 0 aliphatic heterocycles. The third-order valence-corrected chi connectivity index (χ3v) is 3.16. The maximum absolute atomic E-state index is 8.94. The molecule has 0 bridgehead atoms. The minimum Gasteiger partial charge on any atom is -0.324 e. The predicted molar refractivity (Wildman–Crippen MR) is 77.0 cm³/mol. The quantitative estimate of drug-likeness (QED) is 0.636. The van der Waals surface area contributed by atoms with Gasteiger partial charge in [-0.2, -0.15) is 5.41 Å². The molecule has 0 spiro atoms. The molecule has 2 aromatic heterocycles. The minimum atomic E-state index is 0.548. The highest BCUT2D eigenvalue weighted by molar-refractivity contribution is 5.58. The molecule has 0 aliphatic rings. The Morgan fingerprint density at radius 3 is 2.21 bits per heavy atom. The van der Waals surface area contributed by atoms with Crippen LogP contribution in [0.2, 0.25) is 0 Å². The topological polar surface area (TPSA) is 32.2 Å². The Kier molecular flexibility index (Phi) is 3.02. The monoisotopic (exact) mass is 248 g/mol. The molecular formula is C16H14N3. The van der Waals surface area contributed by atoms with Gasteiger partial charge < -0.3 is 9.13 Å². The predicted octanol–water partition coefficient (Wildman–Crippen LogP) is 2.68. The molecule has 0 saturated heterocycles. The van der Waals surface area contributed by atoms with E-state index in [2.05, 4.69) is 33.4 Å². The van der Waals surface area contributed by atoms with E-state index in [4.69, 9.17) is 5.41 Å². The van der Waals surface area contributed by atoms with Crippen LogP contribution < -0.4 is 5.41 Å². The van der Waals surface area contributed by atoms with Gasteiger partial charge in [0.15, 0.2) is 0 Å². The van der Waals surface area contributed by atoms with Gasteiger partial charge in [0.2, 0.25) is 0 Å². The van der Waals surface area contributed by atoms with Crippen molar-refractivity contribution in [3.63, 3.8) is 0 Å². The smallest absolute Gasteiger partial charge is 0.0453 e. The van der Waals surface area contributed by atoms with E-state index in [1.54, 1.807) is 0 Å². The SMILES string of the molecule is [N]=CCc1cccn1-c1ccc(-n2cccc2)cc1. The fourth-order valence-corrected chi connectivity index (χ4v) is 2.22. The van der Waals surface area contributed by atoms with Gasteiger partial charge in [0.25, 0.3) is 0 Å². The minimum absolute atomic E-state index is 0.548. The molecule has 0 amide bonds. The molecule has 3 nitrogen and oxygen atoms in total. The van der Waals surface area contributed by atoms with Gasteiger partial charge in [-0.3, -0.25) is 0 Å². The summed E-state index contributed by atoms with van der Waals surface area (Å²) in [6, 6.07) is 16.3. The number of nitrogens with zero attached hydrogens (tertiary/aromatic N) is 3. The summed E-state index contributed by atoms with van der Waals surface area (Å²) in [6.07, 6.45) is 7.78. The van der Waals surface area contributed by atoms with E-state index >= 15 is 0 Å². The van der Waals surface area contributed by atoms with Crippen LogP contribution in [0.4, 0.5) is 0 Å². The van der Waals surface area contributed by atoms with Crippen LogP contribution in [0.15, 0.2) is 67.1 Å². The van der Waals surface area contributed by atoms with Gasteiger partial charge in [-0.25, -0.2) is 0 Å². The second-order valence-corrected chi connectivity index (χ2v) is 4.36. The highest BCUT2D eigenvalue weighted by Crippen LogP contribution is 2.16. The lowest BCUT2D eigenvalue weighted by molar-refractivity contribution is 0.988. The first-order valence-electron chi connectivity index (χ1n) is 6.24. The molecule has 1 aromatic carbocycles. The Hall–Kier alpha value is -2.55. The molecule has 2 heterocycles. The van der Waals surface area contributed by atoms with Gasteiger partial charge in [-0.15, -0.1) is 0 Å². The summed E-state index contributed by atoms with van der Waals surface area (Å²) in [5.41, 5.74) is 3.30. The van der Waals surface area contributed by atoms with Crippen molar-refractivity contribution < 1.29 is 0 Å². The lowest BCUT2D eigenvalue weighted by Gasteiger charge is -2.09. The van der Waals surface area contributed by atoms with E-state index < -0.39 is 0 Å². The summed E-state index contributed by atoms with van der Waals surface area (Å²) >= 11 is 0. The summed E-state index contributed by atoms with van der Waals surface area (Å²) < 4.78 is 4.15. The molecule has 3 heteroatoms. The third kappa shape index (κ3) is 2.22. The van der Waals surface area contributed by atoms with Gasteiger partial charge in [0, 0.05) is 48.3 Å². The normalized spacial score (nSPS) is 10.5. The van der Waals surface area contributed by atoms with Crippen molar-refractivity contribution in [2.75, 3.05) is 0 Å². The number of hydrogen-bond acceptors (Lipinski definition) is 0. The molecular weight excluding hydrogens is 234 g/mol. The zero-order valence-corrected chi connectivity index (χ0v) is 10.5.